The molecule has 24 heavy (non-hydrogen) atoms. The van der Waals surface area contributed by atoms with Crippen molar-refractivity contribution in [2.45, 2.75) is 46.0 Å². The molecule has 0 saturated carbocycles. The number of hydrogen-bond donors (Lipinski definition) is 2. The summed E-state index contributed by atoms with van der Waals surface area (Å²) in [6.45, 7) is 4.31. The zero-order valence-corrected chi connectivity index (χ0v) is 14.4. The lowest BCUT2D eigenvalue weighted by Crippen LogP contribution is -2.34. The van der Waals surface area contributed by atoms with Crippen LogP contribution in [0.1, 0.15) is 56.3 Å². The predicted octanol–water partition coefficient (Wildman–Crippen LogP) is 3.01. The van der Waals surface area contributed by atoms with Gasteiger partial charge >= 0.3 is 0 Å². The van der Waals surface area contributed by atoms with Crippen LogP contribution in [-0.2, 0) is 9.59 Å². The molecule has 1 heterocycles. The Bertz CT molecular complexity index is 586. The molecule has 130 valence electrons. The Kier molecular flexibility index (Phi) is 6.35. The van der Waals surface area contributed by atoms with Crippen molar-refractivity contribution in [3.8, 4) is 0 Å². The second kappa shape index (κ2) is 8.47. The number of benzene rings is 1. The first kappa shape index (κ1) is 18.0. The number of amides is 3. The summed E-state index contributed by atoms with van der Waals surface area (Å²) in [5, 5.41) is 5.36. The molecule has 3 amide bonds. The van der Waals surface area contributed by atoms with E-state index in [1.165, 1.54) is 20.3 Å². The number of likely N-dealkylation sites (tertiary alicyclic amines) is 1. The molecule has 1 aliphatic heterocycles. The molecular formula is C18H25N3O3. The van der Waals surface area contributed by atoms with Gasteiger partial charge in [0.1, 0.15) is 0 Å². The van der Waals surface area contributed by atoms with Gasteiger partial charge in [-0.05, 0) is 31.0 Å². The molecule has 1 fully saturated rings. The Morgan fingerprint density at radius 3 is 1.71 bits per heavy atom. The lowest BCUT2D eigenvalue weighted by Gasteiger charge is -2.25. The average molecular weight is 331 g/mol. The predicted molar refractivity (Wildman–Crippen MR) is 94.0 cm³/mol. The topological polar surface area (TPSA) is 78.5 Å². The summed E-state index contributed by atoms with van der Waals surface area (Å²) in [5.74, 6) is -0.505. The third-order valence-corrected chi connectivity index (χ3v) is 3.96. The van der Waals surface area contributed by atoms with Gasteiger partial charge < -0.3 is 15.5 Å². The molecule has 6 heteroatoms. The Hall–Kier alpha value is -2.37. The molecule has 6 nitrogen and oxygen atoms in total. The van der Waals surface area contributed by atoms with Gasteiger partial charge in [0.15, 0.2) is 0 Å². The molecule has 1 saturated heterocycles. The summed E-state index contributed by atoms with van der Waals surface area (Å²) in [4.78, 5) is 37.3. The summed E-state index contributed by atoms with van der Waals surface area (Å²) >= 11 is 0. The molecule has 0 aromatic heterocycles. The quantitative estimate of drug-likeness (QED) is 0.893. The van der Waals surface area contributed by atoms with Crippen molar-refractivity contribution in [1.82, 2.24) is 4.90 Å². The van der Waals surface area contributed by atoms with E-state index in [1.54, 1.807) is 18.2 Å². The first-order valence-corrected chi connectivity index (χ1v) is 8.45. The number of carbonyl (C=O) groups is 3. The van der Waals surface area contributed by atoms with Gasteiger partial charge in [-0.3, -0.25) is 14.4 Å². The van der Waals surface area contributed by atoms with E-state index in [1.807, 2.05) is 4.90 Å². The molecule has 2 N–H and O–H groups in total. The molecule has 0 unspecified atom stereocenters. The Labute approximate surface area is 142 Å². The molecule has 0 spiro atoms. The number of anilines is 2. The van der Waals surface area contributed by atoms with Gasteiger partial charge in [-0.15, -0.1) is 0 Å². The van der Waals surface area contributed by atoms with Gasteiger partial charge in [-0.2, -0.15) is 0 Å². The molecule has 0 atom stereocenters. The highest BCUT2D eigenvalue weighted by Gasteiger charge is 2.18. The summed E-state index contributed by atoms with van der Waals surface area (Å²) in [5.41, 5.74) is 1.49. The van der Waals surface area contributed by atoms with Crippen molar-refractivity contribution in [3.05, 3.63) is 23.8 Å². The minimum Gasteiger partial charge on any atom is -0.339 e. The van der Waals surface area contributed by atoms with Crippen LogP contribution in [0.25, 0.3) is 0 Å². The first-order chi connectivity index (χ1) is 11.5. The van der Waals surface area contributed by atoms with Crippen LogP contribution in [0.4, 0.5) is 11.4 Å². The fourth-order valence-electron chi connectivity index (χ4n) is 2.94. The molecular weight excluding hydrogens is 306 g/mol. The smallest absolute Gasteiger partial charge is 0.254 e. The fourth-order valence-corrected chi connectivity index (χ4v) is 2.94. The van der Waals surface area contributed by atoms with Crippen LogP contribution in [-0.4, -0.2) is 35.7 Å². The normalized spacial score (nSPS) is 15.2. The molecule has 0 bridgehead atoms. The lowest BCUT2D eigenvalue weighted by atomic mass is 10.1. The third-order valence-electron chi connectivity index (χ3n) is 3.96. The molecule has 2 rings (SSSR count). The van der Waals surface area contributed by atoms with Crippen LogP contribution in [0.15, 0.2) is 18.2 Å². The van der Waals surface area contributed by atoms with E-state index in [4.69, 9.17) is 0 Å². The Morgan fingerprint density at radius 1 is 0.792 bits per heavy atom. The van der Waals surface area contributed by atoms with E-state index in [0.717, 1.165) is 38.8 Å². The summed E-state index contributed by atoms with van der Waals surface area (Å²) < 4.78 is 0. The second-order valence-corrected chi connectivity index (χ2v) is 6.22. The highest BCUT2D eigenvalue weighted by molar-refractivity contribution is 6.00. The standard InChI is InChI=1S/C18H25N3O3/c1-13(22)19-16-10-15(11-17(12-16)20-14(2)23)18(24)21-8-6-4-3-5-7-9-21/h10-12H,3-9H2,1-2H3,(H,19,22)(H,20,23). The van der Waals surface area contributed by atoms with E-state index in [0.29, 0.717) is 16.9 Å². The van der Waals surface area contributed by atoms with Crippen molar-refractivity contribution >= 4 is 29.1 Å². The van der Waals surface area contributed by atoms with E-state index < -0.39 is 0 Å². The maximum Gasteiger partial charge on any atom is 0.254 e. The van der Waals surface area contributed by atoms with Crippen LogP contribution in [0, 0.1) is 0 Å². The van der Waals surface area contributed by atoms with Crippen LogP contribution in [0.3, 0.4) is 0 Å². The van der Waals surface area contributed by atoms with Crippen LogP contribution >= 0.6 is 0 Å². The highest BCUT2D eigenvalue weighted by Crippen LogP contribution is 2.22. The van der Waals surface area contributed by atoms with Gasteiger partial charge in [0.2, 0.25) is 11.8 Å². The number of hydrogen-bond acceptors (Lipinski definition) is 3. The summed E-state index contributed by atoms with van der Waals surface area (Å²) in [6.07, 6.45) is 5.54. The van der Waals surface area contributed by atoms with Gasteiger partial charge in [0, 0.05) is 43.9 Å². The lowest BCUT2D eigenvalue weighted by molar-refractivity contribution is -0.115. The second-order valence-electron chi connectivity index (χ2n) is 6.22. The van der Waals surface area contributed by atoms with E-state index in [-0.39, 0.29) is 17.7 Å². The zero-order valence-electron chi connectivity index (χ0n) is 14.4. The SMILES string of the molecule is CC(=O)Nc1cc(NC(C)=O)cc(C(=O)N2CCCCCCC2)c1. The zero-order chi connectivity index (χ0) is 17.5. The van der Waals surface area contributed by atoms with Gasteiger partial charge in [-0.1, -0.05) is 19.3 Å². The highest BCUT2D eigenvalue weighted by atomic mass is 16.2. The number of nitrogens with zero attached hydrogens (tertiary/aromatic N) is 1. The van der Waals surface area contributed by atoms with Crippen LogP contribution in [0.5, 0.6) is 0 Å². The minimum atomic E-state index is -0.223. The molecule has 1 aromatic rings. The van der Waals surface area contributed by atoms with Gasteiger partial charge in [-0.25, -0.2) is 0 Å². The fraction of sp³-hybridized carbons (Fsp3) is 0.500. The monoisotopic (exact) mass is 331 g/mol. The van der Waals surface area contributed by atoms with E-state index in [2.05, 4.69) is 10.6 Å². The summed E-state index contributed by atoms with van der Waals surface area (Å²) in [6, 6.07) is 4.97. The summed E-state index contributed by atoms with van der Waals surface area (Å²) in [7, 11) is 0. The van der Waals surface area contributed by atoms with Crippen molar-refractivity contribution in [2.24, 2.45) is 0 Å². The Balaban J connectivity index is 2.26. The Morgan fingerprint density at radius 2 is 1.25 bits per heavy atom. The van der Waals surface area contributed by atoms with E-state index >= 15 is 0 Å². The van der Waals surface area contributed by atoms with Crippen molar-refractivity contribution in [2.75, 3.05) is 23.7 Å². The minimum absolute atomic E-state index is 0.0595. The maximum absolute atomic E-state index is 12.8. The number of nitrogens with one attached hydrogen (secondary N) is 2. The van der Waals surface area contributed by atoms with Crippen molar-refractivity contribution < 1.29 is 14.4 Å². The van der Waals surface area contributed by atoms with Gasteiger partial charge in [0.25, 0.3) is 5.91 Å². The van der Waals surface area contributed by atoms with E-state index in [9.17, 15) is 14.4 Å². The maximum atomic E-state index is 12.8. The first-order valence-electron chi connectivity index (χ1n) is 8.45. The van der Waals surface area contributed by atoms with Crippen LogP contribution < -0.4 is 10.6 Å². The molecule has 0 radical (unpaired) electrons. The molecule has 0 aliphatic carbocycles. The van der Waals surface area contributed by atoms with Crippen LogP contribution in [0.2, 0.25) is 0 Å². The molecule has 1 aliphatic rings. The third kappa shape index (κ3) is 5.37. The van der Waals surface area contributed by atoms with Crippen molar-refractivity contribution in [1.29, 1.82) is 0 Å². The van der Waals surface area contributed by atoms with Crippen molar-refractivity contribution in [3.63, 3.8) is 0 Å². The largest absolute Gasteiger partial charge is 0.339 e. The van der Waals surface area contributed by atoms with Gasteiger partial charge in [0.05, 0.1) is 0 Å². The number of rotatable bonds is 3. The molecule has 1 aromatic carbocycles. The average Bonchev–Trinajstić information content (AvgIpc) is 2.44. The number of carbonyl (C=O) groups excluding carboxylic acids is 3.